The molecule has 0 aromatic heterocycles. The summed E-state index contributed by atoms with van der Waals surface area (Å²) in [7, 11) is 1.68. The maximum atomic E-state index is 6.31. The van der Waals surface area contributed by atoms with E-state index in [1.165, 1.54) is 16.7 Å². The fourth-order valence-corrected chi connectivity index (χ4v) is 2.94. The predicted molar refractivity (Wildman–Crippen MR) is 90.8 cm³/mol. The lowest BCUT2D eigenvalue weighted by molar-refractivity contribution is 0.414. The van der Waals surface area contributed by atoms with Crippen LogP contribution in [0.2, 0.25) is 5.02 Å². The topological polar surface area (TPSA) is 9.23 Å². The number of aryl methyl sites for hydroxylation is 1. The van der Waals surface area contributed by atoms with E-state index in [4.69, 9.17) is 27.9 Å². The summed E-state index contributed by atoms with van der Waals surface area (Å²) in [6, 6.07) is 14.4. The van der Waals surface area contributed by atoms with Crippen molar-refractivity contribution in [2.24, 2.45) is 5.92 Å². The summed E-state index contributed by atoms with van der Waals surface area (Å²) in [6.45, 7) is 2.05. The first-order valence-electron chi connectivity index (χ1n) is 7.06. The van der Waals surface area contributed by atoms with Crippen LogP contribution in [0.5, 0.6) is 5.75 Å². The lowest BCUT2D eigenvalue weighted by Gasteiger charge is -2.15. The maximum absolute atomic E-state index is 6.31. The van der Waals surface area contributed by atoms with Gasteiger partial charge in [-0.1, -0.05) is 35.9 Å². The largest absolute Gasteiger partial charge is 0.497 e. The molecule has 112 valence electrons. The van der Waals surface area contributed by atoms with Gasteiger partial charge in [0.05, 0.1) is 7.11 Å². The van der Waals surface area contributed by atoms with Gasteiger partial charge in [0.2, 0.25) is 0 Å². The van der Waals surface area contributed by atoms with Crippen LogP contribution in [0, 0.1) is 12.8 Å². The summed E-state index contributed by atoms with van der Waals surface area (Å²) in [5, 5.41) is 0.833. The average Bonchev–Trinajstić information content (AvgIpc) is 2.49. The Kier molecular flexibility index (Phi) is 5.96. The molecular formula is C18H20Cl2O. The second kappa shape index (κ2) is 7.72. The Hall–Kier alpha value is -1.18. The lowest BCUT2D eigenvalue weighted by atomic mass is 9.93. The zero-order valence-electron chi connectivity index (χ0n) is 12.4. The van der Waals surface area contributed by atoms with Crippen molar-refractivity contribution in [3.63, 3.8) is 0 Å². The van der Waals surface area contributed by atoms with Gasteiger partial charge in [0.15, 0.2) is 0 Å². The Morgan fingerprint density at radius 2 is 1.76 bits per heavy atom. The summed E-state index contributed by atoms with van der Waals surface area (Å²) in [4.78, 5) is 0. The van der Waals surface area contributed by atoms with Gasteiger partial charge in [0, 0.05) is 10.9 Å². The number of halogens is 2. The highest BCUT2D eigenvalue weighted by Crippen LogP contribution is 2.24. The third kappa shape index (κ3) is 4.66. The van der Waals surface area contributed by atoms with Crippen molar-refractivity contribution in [1.29, 1.82) is 0 Å². The first kappa shape index (κ1) is 16.2. The first-order valence-corrected chi connectivity index (χ1v) is 7.97. The van der Waals surface area contributed by atoms with Crippen LogP contribution in [-0.2, 0) is 12.8 Å². The number of ether oxygens (including phenoxy) is 1. The van der Waals surface area contributed by atoms with E-state index in [1.54, 1.807) is 7.11 Å². The fourth-order valence-electron chi connectivity index (χ4n) is 2.41. The summed E-state index contributed by atoms with van der Waals surface area (Å²) < 4.78 is 5.18. The molecule has 2 aromatic rings. The Morgan fingerprint density at radius 1 is 1.05 bits per heavy atom. The van der Waals surface area contributed by atoms with Gasteiger partial charge in [-0.05, 0) is 60.6 Å². The van der Waals surface area contributed by atoms with Crippen molar-refractivity contribution < 1.29 is 4.74 Å². The molecule has 3 heteroatoms. The molecule has 1 nitrogen and oxygen atoms in total. The molecule has 0 amide bonds. The minimum atomic E-state index is 0.375. The van der Waals surface area contributed by atoms with E-state index >= 15 is 0 Å². The molecule has 1 unspecified atom stereocenters. The lowest BCUT2D eigenvalue weighted by Crippen LogP contribution is -2.10. The van der Waals surface area contributed by atoms with Crippen LogP contribution in [-0.4, -0.2) is 13.0 Å². The Balaban J connectivity index is 2.05. The van der Waals surface area contributed by atoms with E-state index in [9.17, 15) is 0 Å². The molecule has 0 spiro atoms. The number of alkyl halides is 1. The molecule has 0 radical (unpaired) electrons. The fraction of sp³-hybridized carbons (Fsp3) is 0.333. The molecule has 0 bridgehead atoms. The highest BCUT2D eigenvalue weighted by Gasteiger charge is 2.12. The number of hydrogen-bond acceptors (Lipinski definition) is 1. The Bertz CT molecular complexity index is 578. The molecule has 2 rings (SSSR count). The predicted octanol–water partition coefficient (Wildman–Crippen LogP) is 5.30. The van der Waals surface area contributed by atoms with Gasteiger partial charge < -0.3 is 4.74 Å². The number of methoxy groups -OCH3 is 1. The van der Waals surface area contributed by atoms with E-state index in [0.717, 1.165) is 23.6 Å². The maximum Gasteiger partial charge on any atom is 0.118 e. The van der Waals surface area contributed by atoms with Crippen molar-refractivity contribution in [3.05, 3.63) is 64.2 Å². The second-order valence-corrected chi connectivity index (χ2v) is 6.09. The smallest absolute Gasteiger partial charge is 0.118 e. The summed E-state index contributed by atoms with van der Waals surface area (Å²) in [5.74, 6) is 1.87. The number of benzene rings is 2. The van der Waals surface area contributed by atoms with Crippen molar-refractivity contribution in [2.45, 2.75) is 19.8 Å². The van der Waals surface area contributed by atoms with Crippen LogP contribution in [0.15, 0.2) is 42.5 Å². The van der Waals surface area contributed by atoms with Crippen LogP contribution in [0.3, 0.4) is 0 Å². The normalized spacial score (nSPS) is 12.2. The molecule has 0 aliphatic rings. The highest BCUT2D eigenvalue weighted by atomic mass is 35.5. The standard InChI is InChI=1S/C18H20Cl2O/c1-13-3-6-16(18(20)9-13)11-15(12-19)10-14-4-7-17(21-2)8-5-14/h3-9,15H,10-12H2,1-2H3. The number of rotatable bonds is 6. The average molecular weight is 323 g/mol. The van der Waals surface area contributed by atoms with Crippen LogP contribution >= 0.6 is 23.2 Å². The van der Waals surface area contributed by atoms with E-state index in [1.807, 2.05) is 25.1 Å². The Labute approximate surface area is 136 Å². The minimum Gasteiger partial charge on any atom is -0.497 e. The van der Waals surface area contributed by atoms with Gasteiger partial charge >= 0.3 is 0 Å². The van der Waals surface area contributed by atoms with Crippen LogP contribution in [0.1, 0.15) is 16.7 Å². The molecule has 0 aliphatic carbocycles. The molecule has 1 atom stereocenters. The zero-order valence-corrected chi connectivity index (χ0v) is 13.9. The van der Waals surface area contributed by atoms with Crippen molar-refractivity contribution in [3.8, 4) is 5.75 Å². The van der Waals surface area contributed by atoms with Gasteiger partial charge in [0.25, 0.3) is 0 Å². The molecule has 0 saturated heterocycles. The highest BCUT2D eigenvalue weighted by molar-refractivity contribution is 6.31. The van der Waals surface area contributed by atoms with E-state index < -0.39 is 0 Å². The van der Waals surface area contributed by atoms with Crippen LogP contribution in [0.4, 0.5) is 0 Å². The van der Waals surface area contributed by atoms with E-state index in [2.05, 4.69) is 24.3 Å². The molecule has 2 aromatic carbocycles. The summed E-state index contributed by atoms with van der Waals surface area (Å²) in [6.07, 6.45) is 1.84. The quantitative estimate of drug-likeness (QED) is 0.656. The molecule has 0 heterocycles. The van der Waals surface area contributed by atoms with Crippen molar-refractivity contribution >= 4 is 23.2 Å². The SMILES string of the molecule is COc1ccc(CC(CCl)Cc2ccc(C)cc2Cl)cc1. The minimum absolute atomic E-state index is 0.375. The van der Waals surface area contributed by atoms with Crippen molar-refractivity contribution in [2.75, 3.05) is 13.0 Å². The molecule has 0 aliphatic heterocycles. The molecule has 0 fully saturated rings. The van der Waals surface area contributed by atoms with Gasteiger partial charge in [0.1, 0.15) is 5.75 Å². The zero-order chi connectivity index (χ0) is 15.2. The van der Waals surface area contributed by atoms with Gasteiger partial charge in [-0.3, -0.25) is 0 Å². The van der Waals surface area contributed by atoms with Crippen LogP contribution in [0.25, 0.3) is 0 Å². The molecule has 0 saturated carbocycles. The second-order valence-electron chi connectivity index (χ2n) is 5.37. The van der Waals surface area contributed by atoms with Gasteiger partial charge in [-0.15, -0.1) is 11.6 Å². The molecule has 0 N–H and O–H groups in total. The Morgan fingerprint density at radius 3 is 2.33 bits per heavy atom. The molecule has 21 heavy (non-hydrogen) atoms. The van der Waals surface area contributed by atoms with E-state index in [0.29, 0.717) is 11.8 Å². The number of hydrogen-bond donors (Lipinski definition) is 0. The monoisotopic (exact) mass is 322 g/mol. The van der Waals surface area contributed by atoms with Crippen molar-refractivity contribution in [1.82, 2.24) is 0 Å². The summed E-state index contributed by atoms with van der Waals surface area (Å²) >= 11 is 12.5. The third-order valence-corrected chi connectivity index (χ3v) is 4.41. The van der Waals surface area contributed by atoms with Gasteiger partial charge in [-0.2, -0.15) is 0 Å². The summed E-state index contributed by atoms with van der Waals surface area (Å²) in [5.41, 5.74) is 3.62. The third-order valence-electron chi connectivity index (χ3n) is 3.62. The van der Waals surface area contributed by atoms with Crippen LogP contribution < -0.4 is 4.74 Å². The van der Waals surface area contributed by atoms with E-state index in [-0.39, 0.29) is 0 Å². The van der Waals surface area contributed by atoms with Gasteiger partial charge in [-0.25, -0.2) is 0 Å². The molecular weight excluding hydrogens is 303 g/mol. The first-order chi connectivity index (χ1) is 10.1.